The molecule has 0 unspecified atom stereocenters. The Kier molecular flexibility index (Phi) is 4.73. The molecule has 0 radical (unpaired) electrons. The summed E-state index contributed by atoms with van der Waals surface area (Å²) < 4.78 is 14.5. The third-order valence-electron chi connectivity index (χ3n) is 3.23. The van der Waals surface area contributed by atoms with Gasteiger partial charge in [0.1, 0.15) is 22.4 Å². The molecular formula is C14H12ClN3O4S. The fraction of sp³-hybridized carbons (Fsp3) is 0.286. The van der Waals surface area contributed by atoms with Crippen LogP contribution < -0.4 is 9.64 Å². The first kappa shape index (κ1) is 15.7. The monoisotopic (exact) mass is 353 g/mol. The van der Waals surface area contributed by atoms with Crippen LogP contribution in [-0.4, -0.2) is 34.6 Å². The number of anilines is 1. The first-order valence-electron chi connectivity index (χ1n) is 6.79. The van der Waals surface area contributed by atoms with Gasteiger partial charge in [0.25, 0.3) is 5.91 Å². The van der Waals surface area contributed by atoms with E-state index >= 15 is 0 Å². The Hall–Kier alpha value is -2.19. The Bertz CT molecular complexity index is 736. The summed E-state index contributed by atoms with van der Waals surface area (Å²) in [6.07, 6.45) is 0.0647. The van der Waals surface area contributed by atoms with Gasteiger partial charge in [-0.15, -0.1) is 5.10 Å². The van der Waals surface area contributed by atoms with Crippen LogP contribution in [0.25, 0.3) is 0 Å². The van der Waals surface area contributed by atoms with Gasteiger partial charge in [0.2, 0.25) is 0 Å². The van der Waals surface area contributed by atoms with Crippen LogP contribution in [0.2, 0.25) is 4.34 Å². The summed E-state index contributed by atoms with van der Waals surface area (Å²) in [7, 11) is 0. The summed E-state index contributed by atoms with van der Waals surface area (Å²) in [5.74, 6) is -0.00474. The molecule has 1 aromatic heterocycles. The third kappa shape index (κ3) is 3.59. The normalized spacial score (nSPS) is 13.4. The zero-order chi connectivity index (χ0) is 16.2. The number of carbonyl (C=O) groups is 2. The van der Waals surface area contributed by atoms with Crippen molar-refractivity contribution in [1.82, 2.24) is 9.59 Å². The molecule has 7 nitrogen and oxygen atoms in total. The van der Waals surface area contributed by atoms with E-state index in [2.05, 4.69) is 9.59 Å². The van der Waals surface area contributed by atoms with E-state index < -0.39 is 5.97 Å². The maximum atomic E-state index is 12.0. The molecular weight excluding hydrogens is 342 g/mol. The Morgan fingerprint density at radius 3 is 3.04 bits per heavy atom. The molecule has 23 heavy (non-hydrogen) atoms. The summed E-state index contributed by atoms with van der Waals surface area (Å²) in [6.45, 7) is 0.162. The molecule has 0 bridgehead atoms. The average molecular weight is 354 g/mol. The molecule has 0 saturated carbocycles. The Morgan fingerprint density at radius 1 is 1.43 bits per heavy atom. The number of ether oxygens (including phenoxy) is 2. The van der Waals surface area contributed by atoms with Gasteiger partial charge < -0.3 is 14.4 Å². The number of benzene rings is 1. The number of rotatable bonds is 5. The second kappa shape index (κ2) is 6.93. The number of amides is 1. The zero-order valence-electron chi connectivity index (χ0n) is 11.9. The number of fused-ring (bicyclic) bond motifs is 1. The van der Waals surface area contributed by atoms with E-state index in [4.69, 9.17) is 21.1 Å². The fourth-order valence-corrected chi connectivity index (χ4v) is 2.71. The minimum Gasteiger partial charge on any atom is -0.482 e. The summed E-state index contributed by atoms with van der Waals surface area (Å²) in [4.78, 5) is 25.3. The van der Waals surface area contributed by atoms with Gasteiger partial charge in [0, 0.05) is 18.1 Å². The summed E-state index contributed by atoms with van der Waals surface area (Å²) in [6, 6.07) is 7.19. The van der Waals surface area contributed by atoms with Crippen molar-refractivity contribution in [1.29, 1.82) is 0 Å². The summed E-state index contributed by atoms with van der Waals surface area (Å²) >= 11 is 6.86. The van der Waals surface area contributed by atoms with Crippen LogP contribution in [0.1, 0.15) is 12.1 Å². The number of hydrogen-bond donors (Lipinski definition) is 0. The predicted molar refractivity (Wildman–Crippen MR) is 83.6 cm³/mol. The minimum absolute atomic E-state index is 0.0260. The molecule has 1 aliphatic heterocycles. The van der Waals surface area contributed by atoms with Crippen LogP contribution in [-0.2, 0) is 20.9 Å². The number of halogens is 1. The molecule has 1 aliphatic rings. The van der Waals surface area contributed by atoms with Crippen molar-refractivity contribution in [2.45, 2.75) is 13.0 Å². The van der Waals surface area contributed by atoms with Gasteiger partial charge in [-0.05, 0) is 12.1 Å². The standard InChI is InChI=1S/C14H12ClN3O4S/c15-14-9(16-17-23-14)7-22-13(20)5-6-18-10-3-1-2-4-11(10)21-8-12(18)19/h1-4H,5-8H2. The number of hydrogen-bond acceptors (Lipinski definition) is 7. The Labute approximate surface area is 140 Å². The SMILES string of the molecule is O=C(CCN1C(=O)COc2ccccc21)OCc1nnsc1Cl. The second-order valence-electron chi connectivity index (χ2n) is 4.71. The largest absolute Gasteiger partial charge is 0.482 e. The first-order valence-corrected chi connectivity index (χ1v) is 7.95. The molecule has 0 N–H and O–H groups in total. The molecule has 0 spiro atoms. The lowest BCUT2D eigenvalue weighted by Gasteiger charge is -2.28. The molecule has 9 heteroatoms. The van der Waals surface area contributed by atoms with Gasteiger partial charge in [-0.3, -0.25) is 9.59 Å². The van der Waals surface area contributed by atoms with Crippen molar-refractivity contribution in [3.8, 4) is 5.75 Å². The number of carbonyl (C=O) groups excluding carboxylic acids is 2. The zero-order valence-corrected chi connectivity index (χ0v) is 13.5. The van der Waals surface area contributed by atoms with Crippen molar-refractivity contribution in [3.63, 3.8) is 0 Å². The van der Waals surface area contributed by atoms with E-state index in [1.807, 2.05) is 12.1 Å². The van der Waals surface area contributed by atoms with Crippen molar-refractivity contribution in [2.75, 3.05) is 18.1 Å². The lowest BCUT2D eigenvalue weighted by atomic mass is 10.2. The highest BCUT2D eigenvalue weighted by atomic mass is 35.5. The number of esters is 1. The van der Waals surface area contributed by atoms with Crippen molar-refractivity contribution in [3.05, 3.63) is 34.3 Å². The number of para-hydroxylation sites is 2. The first-order chi connectivity index (χ1) is 11.1. The smallest absolute Gasteiger partial charge is 0.307 e. The molecule has 0 fully saturated rings. The van der Waals surface area contributed by atoms with Crippen molar-refractivity contribution < 1.29 is 19.1 Å². The van der Waals surface area contributed by atoms with E-state index in [1.54, 1.807) is 12.1 Å². The van der Waals surface area contributed by atoms with Gasteiger partial charge in [0.15, 0.2) is 6.61 Å². The van der Waals surface area contributed by atoms with E-state index in [0.717, 1.165) is 11.5 Å². The van der Waals surface area contributed by atoms with E-state index in [9.17, 15) is 9.59 Å². The molecule has 0 atom stereocenters. The van der Waals surface area contributed by atoms with Crippen LogP contribution in [0.4, 0.5) is 5.69 Å². The second-order valence-corrected chi connectivity index (χ2v) is 6.06. The fourth-order valence-electron chi connectivity index (χ4n) is 2.11. The van der Waals surface area contributed by atoms with Crippen LogP contribution in [0.15, 0.2) is 24.3 Å². The maximum absolute atomic E-state index is 12.0. The summed E-state index contributed by atoms with van der Waals surface area (Å²) in [5, 5.41) is 3.76. The molecule has 0 aliphatic carbocycles. The Balaban J connectivity index is 1.56. The van der Waals surface area contributed by atoms with Crippen molar-refractivity contribution >= 4 is 40.7 Å². The molecule has 1 amide bonds. The van der Waals surface area contributed by atoms with E-state index in [-0.39, 0.29) is 32.1 Å². The van der Waals surface area contributed by atoms with Gasteiger partial charge in [-0.1, -0.05) is 28.2 Å². The predicted octanol–water partition coefficient (Wildman–Crippen LogP) is 2.05. The average Bonchev–Trinajstić information content (AvgIpc) is 2.97. The lowest BCUT2D eigenvalue weighted by molar-refractivity contribution is -0.144. The Morgan fingerprint density at radius 2 is 2.26 bits per heavy atom. The highest BCUT2D eigenvalue weighted by Crippen LogP contribution is 2.31. The van der Waals surface area contributed by atoms with Crippen LogP contribution in [0.3, 0.4) is 0 Å². The molecule has 0 saturated heterocycles. The maximum Gasteiger partial charge on any atom is 0.307 e. The lowest BCUT2D eigenvalue weighted by Crippen LogP contribution is -2.40. The third-order valence-corrected chi connectivity index (χ3v) is 4.21. The topological polar surface area (TPSA) is 81.6 Å². The van der Waals surface area contributed by atoms with E-state index in [1.165, 1.54) is 4.90 Å². The van der Waals surface area contributed by atoms with Crippen LogP contribution in [0, 0.1) is 0 Å². The quantitative estimate of drug-likeness (QED) is 0.765. The van der Waals surface area contributed by atoms with Gasteiger partial charge >= 0.3 is 5.97 Å². The highest BCUT2D eigenvalue weighted by Gasteiger charge is 2.25. The highest BCUT2D eigenvalue weighted by molar-refractivity contribution is 7.10. The van der Waals surface area contributed by atoms with Gasteiger partial charge in [0.05, 0.1) is 12.1 Å². The number of nitrogens with zero attached hydrogens (tertiary/aromatic N) is 3. The summed E-state index contributed by atoms with van der Waals surface area (Å²) in [5.41, 5.74) is 1.08. The van der Waals surface area contributed by atoms with Gasteiger partial charge in [-0.25, -0.2) is 0 Å². The molecule has 3 rings (SSSR count). The van der Waals surface area contributed by atoms with E-state index in [0.29, 0.717) is 21.5 Å². The van der Waals surface area contributed by atoms with Crippen molar-refractivity contribution in [2.24, 2.45) is 0 Å². The number of aromatic nitrogens is 2. The minimum atomic E-state index is -0.439. The molecule has 120 valence electrons. The van der Waals surface area contributed by atoms with Gasteiger partial charge in [-0.2, -0.15) is 0 Å². The molecule has 1 aromatic carbocycles. The molecule has 2 aromatic rings. The van der Waals surface area contributed by atoms with Crippen LogP contribution >= 0.6 is 23.1 Å². The molecule has 2 heterocycles. The van der Waals surface area contributed by atoms with Crippen LogP contribution in [0.5, 0.6) is 5.75 Å².